The molecule has 2 aromatic rings. The number of carboxylic acid groups (broad SMARTS) is 1. The molecule has 8 nitrogen and oxygen atoms in total. The first-order chi connectivity index (χ1) is 14.6. The molecule has 0 heterocycles. The van der Waals surface area contributed by atoms with E-state index in [-0.39, 0.29) is 34.6 Å². The molecule has 0 fully saturated rings. The number of allylic oxidation sites excluding steroid dienone is 2. The molecule has 0 amide bonds. The van der Waals surface area contributed by atoms with Crippen molar-refractivity contribution < 1.29 is 39.5 Å². The van der Waals surface area contributed by atoms with Crippen LogP contribution in [0.1, 0.15) is 41.0 Å². The van der Waals surface area contributed by atoms with Crippen molar-refractivity contribution in [1.29, 1.82) is 0 Å². The van der Waals surface area contributed by atoms with Gasteiger partial charge in [-0.05, 0) is 50.6 Å². The number of carbonyl (C=O) groups is 3. The van der Waals surface area contributed by atoms with Gasteiger partial charge >= 0.3 is 6.16 Å². The van der Waals surface area contributed by atoms with Crippen LogP contribution in [0.2, 0.25) is 0 Å². The largest absolute Gasteiger partial charge is 0.511 e. The van der Waals surface area contributed by atoms with Gasteiger partial charge in [0.2, 0.25) is 0 Å². The molecular formula is C23H22O8. The molecule has 1 aliphatic rings. The number of aliphatic hydroxyl groups excluding tert-OH is 1. The summed E-state index contributed by atoms with van der Waals surface area (Å²) < 4.78 is 4.33. The van der Waals surface area contributed by atoms with Crippen molar-refractivity contribution in [3.05, 3.63) is 76.9 Å². The van der Waals surface area contributed by atoms with Crippen LogP contribution in [-0.4, -0.2) is 44.3 Å². The van der Waals surface area contributed by atoms with Gasteiger partial charge in [0.05, 0.1) is 17.2 Å². The van der Waals surface area contributed by atoms with Crippen LogP contribution in [0.5, 0.6) is 17.2 Å². The number of hydrogen-bond acceptors (Lipinski definition) is 7. The molecule has 8 heteroatoms. The highest BCUT2D eigenvalue weighted by molar-refractivity contribution is 6.26. The average Bonchev–Trinajstić information content (AvgIpc) is 2.71. The predicted molar refractivity (Wildman–Crippen MR) is 112 cm³/mol. The number of benzene rings is 2. The lowest BCUT2D eigenvalue weighted by Crippen LogP contribution is -2.25. The first kappa shape index (κ1) is 23.4. The Hall–Kier alpha value is -3.91. The van der Waals surface area contributed by atoms with Crippen LogP contribution in [0.15, 0.2) is 65.8 Å². The fourth-order valence-corrected chi connectivity index (χ4v) is 2.79. The molecule has 0 radical (unpaired) electrons. The summed E-state index contributed by atoms with van der Waals surface area (Å²) in [7, 11) is 0. The van der Waals surface area contributed by atoms with Gasteiger partial charge < -0.3 is 25.2 Å². The van der Waals surface area contributed by atoms with Crippen molar-refractivity contribution in [2.45, 2.75) is 26.4 Å². The van der Waals surface area contributed by atoms with E-state index in [2.05, 4.69) is 4.74 Å². The summed E-state index contributed by atoms with van der Waals surface area (Å²) in [6.07, 6.45) is 0.550. The van der Waals surface area contributed by atoms with Crippen LogP contribution >= 0.6 is 0 Å². The second kappa shape index (κ2) is 10.2. The standard InChI is InChI=1S/C16H16O5.C7H6O3/c1-8(2)3-4-10(17)9-7-13(20)14-11(18)5-6-12(19)15(14)16(9)21;8-7(9)10-6-4-2-1-3-5-6/h3,5-7,10,17-19H,4H2,1-2H3;1-5H,(H,8,9). The van der Waals surface area contributed by atoms with E-state index in [0.29, 0.717) is 5.75 Å². The third kappa shape index (κ3) is 6.03. The van der Waals surface area contributed by atoms with Crippen LogP contribution in [0, 0.1) is 0 Å². The smallest absolute Gasteiger partial charge is 0.507 e. The van der Waals surface area contributed by atoms with Gasteiger partial charge in [-0.15, -0.1) is 0 Å². The number of aromatic hydroxyl groups is 2. The Labute approximate surface area is 178 Å². The first-order valence-corrected chi connectivity index (χ1v) is 9.24. The summed E-state index contributed by atoms with van der Waals surface area (Å²) >= 11 is 0. The number of para-hydroxylation sites is 1. The second-order valence-electron chi connectivity index (χ2n) is 6.86. The summed E-state index contributed by atoms with van der Waals surface area (Å²) in [6.45, 7) is 3.71. The van der Waals surface area contributed by atoms with Crippen molar-refractivity contribution in [2.24, 2.45) is 0 Å². The molecule has 1 aliphatic carbocycles. The lowest BCUT2D eigenvalue weighted by molar-refractivity contribution is 0.0943. The van der Waals surface area contributed by atoms with Gasteiger partial charge in [0.15, 0.2) is 11.6 Å². The van der Waals surface area contributed by atoms with Crippen LogP contribution in [0.3, 0.4) is 0 Å². The van der Waals surface area contributed by atoms with Gasteiger partial charge in [-0.3, -0.25) is 9.59 Å². The highest BCUT2D eigenvalue weighted by Crippen LogP contribution is 2.35. The number of rotatable bonds is 4. The monoisotopic (exact) mass is 426 g/mol. The van der Waals surface area contributed by atoms with Crippen LogP contribution in [-0.2, 0) is 0 Å². The maximum absolute atomic E-state index is 12.3. The van der Waals surface area contributed by atoms with E-state index in [1.54, 1.807) is 36.4 Å². The fourth-order valence-electron chi connectivity index (χ4n) is 2.79. The third-order valence-electron chi connectivity index (χ3n) is 4.24. The Balaban J connectivity index is 0.000000285. The van der Waals surface area contributed by atoms with Crippen molar-refractivity contribution in [3.8, 4) is 17.2 Å². The number of phenols is 2. The number of phenolic OH excluding ortho intramolecular Hbond substituents is 2. The maximum Gasteiger partial charge on any atom is 0.511 e. The Bertz CT molecular complexity index is 1050. The zero-order chi connectivity index (χ0) is 23.1. The normalized spacial score (nSPS) is 13.2. The van der Waals surface area contributed by atoms with E-state index in [0.717, 1.165) is 23.8 Å². The molecule has 0 bridgehead atoms. The Morgan fingerprint density at radius 1 is 1.00 bits per heavy atom. The minimum absolute atomic E-state index is 0.0779. The minimum Gasteiger partial charge on any atom is -0.507 e. The maximum atomic E-state index is 12.3. The number of carbonyl (C=O) groups excluding carboxylic acids is 2. The Morgan fingerprint density at radius 3 is 2.13 bits per heavy atom. The topological polar surface area (TPSA) is 141 Å². The van der Waals surface area contributed by atoms with E-state index in [4.69, 9.17) is 5.11 Å². The molecule has 0 aromatic heterocycles. The molecule has 162 valence electrons. The first-order valence-electron chi connectivity index (χ1n) is 9.24. The van der Waals surface area contributed by atoms with Gasteiger partial charge in [0.25, 0.3) is 0 Å². The molecule has 0 aliphatic heterocycles. The van der Waals surface area contributed by atoms with Gasteiger partial charge in [0, 0.05) is 5.57 Å². The van der Waals surface area contributed by atoms with Crippen molar-refractivity contribution in [2.75, 3.05) is 0 Å². The summed E-state index contributed by atoms with van der Waals surface area (Å²) in [5.74, 6) is -1.66. The van der Waals surface area contributed by atoms with Crippen molar-refractivity contribution in [1.82, 2.24) is 0 Å². The SMILES string of the molecule is CC(C)=CCC(O)C1=CC(=O)c2c(O)ccc(O)c2C1=O.O=C(O)Oc1ccccc1. The lowest BCUT2D eigenvalue weighted by atomic mass is 9.85. The fraction of sp³-hybridized carbons (Fsp3) is 0.174. The van der Waals surface area contributed by atoms with Gasteiger partial charge in [-0.2, -0.15) is 0 Å². The quantitative estimate of drug-likeness (QED) is 0.250. The number of ether oxygens (including phenoxy) is 1. The summed E-state index contributed by atoms with van der Waals surface area (Å²) in [4.78, 5) is 34.3. The molecule has 0 saturated carbocycles. The number of Topliss-reactive ketones (excluding diaryl/α,β-unsaturated/α-hetero) is 1. The predicted octanol–water partition coefficient (Wildman–Crippen LogP) is 3.86. The van der Waals surface area contributed by atoms with Crippen LogP contribution in [0.4, 0.5) is 4.79 Å². The summed E-state index contributed by atoms with van der Waals surface area (Å²) in [5.41, 5.74) is 0.419. The molecule has 0 saturated heterocycles. The Morgan fingerprint density at radius 2 is 1.58 bits per heavy atom. The van der Waals surface area contributed by atoms with Gasteiger partial charge in [-0.25, -0.2) is 4.79 Å². The van der Waals surface area contributed by atoms with E-state index < -0.39 is 23.8 Å². The number of hydrogen-bond donors (Lipinski definition) is 4. The van der Waals surface area contributed by atoms with Crippen LogP contribution in [0.25, 0.3) is 0 Å². The molecule has 3 rings (SSSR count). The van der Waals surface area contributed by atoms with Crippen LogP contribution < -0.4 is 4.74 Å². The lowest BCUT2D eigenvalue weighted by Gasteiger charge is -2.20. The highest BCUT2D eigenvalue weighted by Gasteiger charge is 2.33. The number of ketones is 2. The van der Waals surface area contributed by atoms with E-state index in [1.807, 2.05) is 13.8 Å². The van der Waals surface area contributed by atoms with E-state index >= 15 is 0 Å². The molecule has 4 N–H and O–H groups in total. The molecule has 1 atom stereocenters. The number of fused-ring (bicyclic) bond motifs is 1. The minimum atomic E-state index is -1.29. The number of aliphatic hydroxyl groups is 1. The molecule has 2 aromatic carbocycles. The average molecular weight is 426 g/mol. The van der Waals surface area contributed by atoms with Gasteiger partial charge in [0.1, 0.15) is 17.2 Å². The van der Waals surface area contributed by atoms with Crippen molar-refractivity contribution >= 4 is 17.7 Å². The molecule has 1 unspecified atom stereocenters. The molecule has 0 spiro atoms. The van der Waals surface area contributed by atoms with E-state index in [1.165, 1.54) is 0 Å². The summed E-state index contributed by atoms with van der Waals surface area (Å²) in [5, 5.41) is 37.7. The second-order valence-corrected chi connectivity index (χ2v) is 6.86. The molecule has 31 heavy (non-hydrogen) atoms. The zero-order valence-corrected chi connectivity index (χ0v) is 16.9. The highest BCUT2D eigenvalue weighted by atomic mass is 16.7. The third-order valence-corrected chi connectivity index (χ3v) is 4.24. The summed E-state index contributed by atoms with van der Waals surface area (Å²) in [6, 6.07) is 10.6. The van der Waals surface area contributed by atoms with Crippen molar-refractivity contribution in [3.63, 3.8) is 0 Å². The molecular weight excluding hydrogens is 404 g/mol. The Kier molecular flexibility index (Phi) is 7.70. The zero-order valence-electron chi connectivity index (χ0n) is 16.9. The van der Waals surface area contributed by atoms with Gasteiger partial charge in [-0.1, -0.05) is 29.8 Å². The van der Waals surface area contributed by atoms with E-state index in [9.17, 15) is 29.7 Å².